The highest BCUT2D eigenvalue weighted by molar-refractivity contribution is 5.74. The molecule has 1 aromatic carbocycles. The summed E-state index contributed by atoms with van der Waals surface area (Å²) in [6.45, 7) is 0. The van der Waals surface area contributed by atoms with Crippen LogP contribution in [0.4, 0.5) is 23.1 Å². The normalized spacial score (nSPS) is 10.5. The van der Waals surface area contributed by atoms with Gasteiger partial charge in [-0.15, -0.1) is 0 Å². The van der Waals surface area contributed by atoms with Crippen molar-refractivity contribution >= 4 is 23.1 Å². The fraction of sp³-hybridized carbons (Fsp3) is 0.375. The Hall–Kier alpha value is -2.70. The topological polar surface area (TPSA) is 93.5 Å². The Morgan fingerprint density at radius 2 is 1.61 bits per heavy atom. The van der Waals surface area contributed by atoms with Crippen LogP contribution in [-0.4, -0.2) is 45.3 Å². The third kappa shape index (κ3) is 3.56. The zero-order valence-electron chi connectivity index (χ0n) is 14.3. The summed E-state index contributed by atoms with van der Waals surface area (Å²) in [7, 11) is 9.63. The average Bonchev–Trinajstić information content (AvgIpc) is 2.49. The highest BCUT2D eigenvalue weighted by Crippen LogP contribution is 2.38. The summed E-state index contributed by atoms with van der Waals surface area (Å²) in [6, 6.07) is 4.17. The fourth-order valence-corrected chi connectivity index (χ4v) is 2.42. The van der Waals surface area contributed by atoms with E-state index in [1.54, 1.807) is 13.3 Å². The smallest absolute Gasteiger partial charge is 0.221 e. The van der Waals surface area contributed by atoms with Crippen molar-refractivity contribution in [3.8, 4) is 5.75 Å². The summed E-state index contributed by atoms with van der Waals surface area (Å²) < 4.78 is 5.59. The summed E-state index contributed by atoms with van der Waals surface area (Å²) in [5.41, 5.74) is 15.4. The number of nitrogen functional groups attached to an aromatic ring is 2. The molecule has 0 aliphatic heterocycles. The van der Waals surface area contributed by atoms with Crippen LogP contribution >= 0.6 is 0 Å². The van der Waals surface area contributed by atoms with Gasteiger partial charge in [0.2, 0.25) is 5.95 Å². The number of nitrogens with zero attached hydrogens (tertiary/aromatic N) is 4. The Morgan fingerprint density at radius 3 is 2.04 bits per heavy atom. The Balaban J connectivity index is 2.50. The van der Waals surface area contributed by atoms with Gasteiger partial charge in [-0.3, -0.25) is 0 Å². The van der Waals surface area contributed by atoms with Gasteiger partial charge in [0.25, 0.3) is 0 Å². The first-order valence-electron chi connectivity index (χ1n) is 7.26. The lowest BCUT2D eigenvalue weighted by Gasteiger charge is -2.24. The van der Waals surface area contributed by atoms with Gasteiger partial charge in [-0.1, -0.05) is 0 Å². The Kier molecular flexibility index (Phi) is 4.78. The molecule has 0 aliphatic rings. The molecule has 1 heterocycles. The molecule has 7 heteroatoms. The Bertz CT molecular complexity index is 670. The third-order valence-electron chi connectivity index (χ3n) is 3.59. The molecular formula is C16H24N6O. The zero-order chi connectivity index (χ0) is 17.1. The number of rotatable bonds is 5. The molecule has 0 radical (unpaired) electrons. The molecular weight excluding hydrogens is 292 g/mol. The molecule has 0 fully saturated rings. The lowest BCUT2D eigenvalue weighted by Crippen LogP contribution is -2.16. The first kappa shape index (κ1) is 16.7. The summed E-state index contributed by atoms with van der Waals surface area (Å²) in [4.78, 5) is 12.1. The summed E-state index contributed by atoms with van der Waals surface area (Å²) in [5.74, 6) is 1.43. The van der Waals surface area contributed by atoms with Crippen LogP contribution in [0.3, 0.4) is 0 Å². The molecule has 0 bridgehead atoms. The van der Waals surface area contributed by atoms with Crippen molar-refractivity contribution in [1.82, 2.24) is 9.97 Å². The maximum Gasteiger partial charge on any atom is 0.221 e. The van der Waals surface area contributed by atoms with Gasteiger partial charge in [-0.05, 0) is 17.7 Å². The molecule has 2 rings (SSSR count). The van der Waals surface area contributed by atoms with Gasteiger partial charge in [0.1, 0.15) is 5.82 Å². The molecule has 0 unspecified atom stereocenters. The van der Waals surface area contributed by atoms with Crippen molar-refractivity contribution in [1.29, 1.82) is 0 Å². The van der Waals surface area contributed by atoms with E-state index in [9.17, 15) is 0 Å². The molecule has 0 saturated heterocycles. The maximum atomic E-state index is 5.94. The predicted molar refractivity (Wildman–Crippen MR) is 95.3 cm³/mol. The number of hydrogen-bond donors (Lipinski definition) is 2. The van der Waals surface area contributed by atoms with E-state index in [2.05, 4.69) is 22.1 Å². The predicted octanol–water partition coefficient (Wildman–Crippen LogP) is 1.37. The molecule has 23 heavy (non-hydrogen) atoms. The van der Waals surface area contributed by atoms with Crippen LogP contribution in [0, 0.1) is 0 Å². The van der Waals surface area contributed by atoms with Gasteiger partial charge >= 0.3 is 0 Å². The average molecular weight is 316 g/mol. The molecule has 0 aliphatic carbocycles. The summed E-state index contributed by atoms with van der Waals surface area (Å²) in [5, 5.41) is 0. The molecule has 124 valence electrons. The van der Waals surface area contributed by atoms with E-state index >= 15 is 0 Å². The van der Waals surface area contributed by atoms with Gasteiger partial charge in [0.15, 0.2) is 5.75 Å². The van der Waals surface area contributed by atoms with Crippen molar-refractivity contribution in [2.24, 2.45) is 0 Å². The lowest BCUT2D eigenvalue weighted by molar-refractivity contribution is 0.416. The summed E-state index contributed by atoms with van der Waals surface area (Å²) >= 11 is 0. The van der Waals surface area contributed by atoms with Crippen molar-refractivity contribution in [3.05, 3.63) is 29.5 Å². The number of ether oxygens (including phenoxy) is 1. The lowest BCUT2D eigenvalue weighted by atomic mass is 10.0. The highest BCUT2D eigenvalue weighted by atomic mass is 16.5. The minimum absolute atomic E-state index is 0.184. The number of nitrogens with two attached hydrogens (primary N) is 2. The monoisotopic (exact) mass is 316 g/mol. The van der Waals surface area contributed by atoms with Crippen molar-refractivity contribution < 1.29 is 4.74 Å². The first-order chi connectivity index (χ1) is 10.8. The minimum Gasteiger partial charge on any atom is -0.492 e. The second-order valence-corrected chi connectivity index (χ2v) is 5.77. The van der Waals surface area contributed by atoms with Crippen LogP contribution in [0.5, 0.6) is 5.75 Å². The van der Waals surface area contributed by atoms with E-state index in [0.29, 0.717) is 12.2 Å². The van der Waals surface area contributed by atoms with Gasteiger partial charge in [-0.25, -0.2) is 4.98 Å². The quantitative estimate of drug-likeness (QED) is 0.860. The highest BCUT2D eigenvalue weighted by Gasteiger charge is 2.16. The second-order valence-electron chi connectivity index (χ2n) is 5.77. The van der Waals surface area contributed by atoms with E-state index in [1.807, 2.05) is 38.0 Å². The molecule has 0 spiro atoms. The third-order valence-corrected chi connectivity index (χ3v) is 3.59. The molecule has 0 atom stereocenters. The van der Waals surface area contributed by atoms with Crippen LogP contribution in [0.15, 0.2) is 18.3 Å². The second kappa shape index (κ2) is 6.60. The number of aromatic nitrogens is 2. The number of benzene rings is 1. The van der Waals surface area contributed by atoms with Crippen LogP contribution in [-0.2, 0) is 6.42 Å². The van der Waals surface area contributed by atoms with Gasteiger partial charge in [0.05, 0.1) is 18.5 Å². The molecule has 0 amide bonds. The fourth-order valence-electron chi connectivity index (χ4n) is 2.42. The maximum absolute atomic E-state index is 5.94. The van der Waals surface area contributed by atoms with E-state index in [-0.39, 0.29) is 5.95 Å². The van der Waals surface area contributed by atoms with Crippen LogP contribution in [0.1, 0.15) is 11.1 Å². The molecule has 4 N–H and O–H groups in total. The number of hydrogen-bond acceptors (Lipinski definition) is 7. The molecule has 1 aromatic heterocycles. The molecule has 2 aromatic rings. The van der Waals surface area contributed by atoms with Crippen LogP contribution in [0.25, 0.3) is 0 Å². The SMILES string of the molecule is COc1c(N(C)C)cc(Cc2cnc(N)nc2N)cc1N(C)C. The molecule has 7 nitrogen and oxygen atoms in total. The van der Waals surface area contributed by atoms with Crippen molar-refractivity contribution in [2.75, 3.05) is 56.6 Å². The first-order valence-corrected chi connectivity index (χ1v) is 7.26. The standard InChI is InChI=1S/C16H24N6O/c1-21(2)12-7-10(8-13(22(3)4)14(12)23-5)6-11-9-19-16(18)20-15(11)17/h7-9H,6H2,1-5H3,(H4,17,18,19,20). The zero-order valence-corrected chi connectivity index (χ0v) is 14.3. The number of methoxy groups -OCH3 is 1. The van der Waals surface area contributed by atoms with Crippen LogP contribution in [0.2, 0.25) is 0 Å². The number of anilines is 4. The Morgan fingerprint density at radius 1 is 1.04 bits per heavy atom. The molecule has 0 saturated carbocycles. The van der Waals surface area contributed by atoms with E-state index < -0.39 is 0 Å². The minimum atomic E-state index is 0.184. The summed E-state index contributed by atoms with van der Waals surface area (Å²) in [6.07, 6.45) is 2.30. The van der Waals surface area contributed by atoms with Crippen LogP contribution < -0.4 is 26.0 Å². The van der Waals surface area contributed by atoms with Gasteiger partial charge in [-0.2, -0.15) is 4.98 Å². The van der Waals surface area contributed by atoms with E-state index in [1.165, 1.54) is 0 Å². The van der Waals surface area contributed by atoms with Crippen molar-refractivity contribution in [2.45, 2.75) is 6.42 Å². The van der Waals surface area contributed by atoms with E-state index in [0.717, 1.165) is 28.3 Å². The largest absolute Gasteiger partial charge is 0.492 e. The Labute approximate surface area is 136 Å². The van der Waals surface area contributed by atoms with E-state index in [4.69, 9.17) is 16.2 Å². The van der Waals surface area contributed by atoms with Gasteiger partial charge < -0.3 is 26.0 Å². The van der Waals surface area contributed by atoms with Crippen molar-refractivity contribution in [3.63, 3.8) is 0 Å². The van der Waals surface area contributed by atoms with Gasteiger partial charge in [0, 0.05) is 46.4 Å².